The van der Waals surface area contributed by atoms with Crippen LogP contribution in [0.1, 0.15) is 11.1 Å². The number of nitrogens with zero attached hydrogens (tertiary/aromatic N) is 2. The highest BCUT2D eigenvalue weighted by atomic mass is 32.2. The minimum atomic E-state index is -1.24. The van der Waals surface area contributed by atoms with Gasteiger partial charge in [-0.3, -0.25) is 14.2 Å². The number of benzene rings is 2. The molecule has 2 aromatic heterocycles. The van der Waals surface area contributed by atoms with Crippen molar-refractivity contribution >= 4 is 45.0 Å². The molecule has 0 spiro atoms. The summed E-state index contributed by atoms with van der Waals surface area (Å²) in [5.41, 5.74) is 7.73. The average Bonchev–Trinajstić information content (AvgIpc) is 3.12. The molecule has 0 aliphatic carbocycles. The Morgan fingerprint density at radius 2 is 1.78 bits per heavy atom. The van der Waals surface area contributed by atoms with Gasteiger partial charge in [0.1, 0.15) is 11.4 Å². The molecule has 0 atom stereocenters. The molecular weight excluding hydrogens is 446 g/mol. The van der Waals surface area contributed by atoms with Crippen molar-refractivity contribution in [1.82, 2.24) is 9.13 Å². The predicted molar refractivity (Wildman–Crippen MR) is 130 cm³/mol. The van der Waals surface area contributed by atoms with Crippen LogP contribution in [0.25, 0.3) is 20.7 Å². The molecule has 0 saturated heterocycles. The quantitative estimate of drug-likeness (QED) is 0.331. The SMILES string of the molecule is CSc1ccccc1Cn1c(=O)n(CC(=O)O)c(=O)c2c(C)c(-c3ccc(N)cc3)sc21. The van der Waals surface area contributed by atoms with Gasteiger partial charge in [0.25, 0.3) is 5.56 Å². The fourth-order valence-corrected chi connectivity index (χ4v) is 5.63. The van der Waals surface area contributed by atoms with Crippen molar-refractivity contribution in [1.29, 1.82) is 0 Å². The molecule has 0 radical (unpaired) electrons. The van der Waals surface area contributed by atoms with E-state index < -0.39 is 23.8 Å². The second kappa shape index (κ2) is 8.68. The van der Waals surface area contributed by atoms with E-state index in [0.717, 1.165) is 25.5 Å². The maximum absolute atomic E-state index is 13.3. The summed E-state index contributed by atoms with van der Waals surface area (Å²) >= 11 is 2.92. The van der Waals surface area contributed by atoms with E-state index in [1.165, 1.54) is 15.9 Å². The van der Waals surface area contributed by atoms with Crippen molar-refractivity contribution in [2.45, 2.75) is 24.9 Å². The van der Waals surface area contributed by atoms with E-state index in [9.17, 15) is 19.5 Å². The first-order valence-electron chi connectivity index (χ1n) is 9.78. The standard InChI is InChI=1S/C23H21N3O4S2/c1-13-19-21(29)25(12-18(27)28)23(30)26(11-15-5-3-4-6-17(15)31-2)22(19)32-20(13)14-7-9-16(24)10-8-14/h3-10H,11-12,24H2,1-2H3,(H,27,28). The normalized spacial score (nSPS) is 11.2. The van der Waals surface area contributed by atoms with Crippen molar-refractivity contribution in [2.75, 3.05) is 12.0 Å². The van der Waals surface area contributed by atoms with Crippen LogP contribution >= 0.6 is 23.1 Å². The van der Waals surface area contributed by atoms with Gasteiger partial charge in [0, 0.05) is 15.5 Å². The lowest BCUT2D eigenvalue weighted by molar-refractivity contribution is -0.137. The highest BCUT2D eigenvalue weighted by Gasteiger charge is 2.22. The van der Waals surface area contributed by atoms with E-state index in [4.69, 9.17) is 5.73 Å². The Morgan fingerprint density at radius 1 is 1.09 bits per heavy atom. The summed E-state index contributed by atoms with van der Waals surface area (Å²) in [6.45, 7) is 1.36. The van der Waals surface area contributed by atoms with Crippen LogP contribution in [0.5, 0.6) is 0 Å². The van der Waals surface area contributed by atoms with Crippen LogP contribution in [-0.2, 0) is 17.9 Å². The first kappa shape index (κ1) is 21.9. The van der Waals surface area contributed by atoms with Crippen molar-refractivity contribution in [3.05, 3.63) is 80.5 Å². The number of hydrogen-bond acceptors (Lipinski definition) is 6. The fraction of sp³-hybridized carbons (Fsp3) is 0.174. The third-order valence-electron chi connectivity index (χ3n) is 5.28. The molecule has 0 saturated carbocycles. The number of aryl methyl sites for hydroxylation is 1. The number of carboxylic acids is 1. The number of nitrogen functional groups attached to an aromatic ring is 1. The molecule has 0 aliphatic heterocycles. The number of hydrogen-bond donors (Lipinski definition) is 2. The zero-order chi connectivity index (χ0) is 23.0. The summed E-state index contributed by atoms with van der Waals surface area (Å²) in [4.78, 5) is 40.3. The molecule has 0 amide bonds. The number of thioether (sulfide) groups is 1. The second-order valence-corrected chi connectivity index (χ2v) is 9.17. The molecule has 9 heteroatoms. The number of fused-ring (bicyclic) bond motifs is 1. The van der Waals surface area contributed by atoms with Gasteiger partial charge >= 0.3 is 11.7 Å². The molecule has 3 N–H and O–H groups in total. The largest absolute Gasteiger partial charge is 0.480 e. The topological polar surface area (TPSA) is 107 Å². The van der Waals surface area contributed by atoms with E-state index in [-0.39, 0.29) is 6.54 Å². The van der Waals surface area contributed by atoms with Gasteiger partial charge in [0.15, 0.2) is 0 Å². The molecule has 4 rings (SSSR count). The van der Waals surface area contributed by atoms with E-state index >= 15 is 0 Å². The van der Waals surface area contributed by atoms with Gasteiger partial charge in [-0.15, -0.1) is 23.1 Å². The lowest BCUT2D eigenvalue weighted by Crippen LogP contribution is -2.41. The monoisotopic (exact) mass is 467 g/mol. The van der Waals surface area contributed by atoms with E-state index in [1.54, 1.807) is 23.9 Å². The molecular formula is C23H21N3O4S2. The Labute approximate surface area is 191 Å². The van der Waals surface area contributed by atoms with Crippen LogP contribution in [0.4, 0.5) is 5.69 Å². The molecule has 0 unspecified atom stereocenters. The maximum atomic E-state index is 13.3. The Bertz CT molecular complexity index is 1450. The zero-order valence-electron chi connectivity index (χ0n) is 17.5. The minimum absolute atomic E-state index is 0.230. The number of carbonyl (C=O) groups is 1. The maximum Gasteiger partial charge on any atom is 0.332 e. The first-order valence-corrected chi connectivity index (χ1v) is 11.8. The minimum Gasteiger partial charge on any atom is -0.480 e. The fourth-order valence-electron chi connectivity index (χ4n) is 3.72. The molecule has 0 aliphatic rings. The van der Waals surface area contributed by atoms with E-state index in [1.807, 2.05) is 49.6 Å². The van der Waals surface area contributed by atoms with Gasteiger partial charge in [-0.2, -0.15) is 0 Å². The number of aliphatic carboxylic acids is 1. The van der Waals surface area contributed by atoms with Crippen molar-refractivity contribution < 1.29 is 9.90 Å². The smallest absolute Gasteiger partial charge is 0.332 e. The summed E-state index contributed by atoms with van der Waals surface area (Å²) in [7, 11) is 0. The second-order valence-electron chi connectivity index (χ2n) is 7.32. The van der Waals surface area contributed by atoms with Crippen LogP contribution < -0.4 is 17.0 Å². The average molecular weight is 468 g/mol. The number of anilines is 1. The Morgan fingerprint density at radius 3 is 2.44 bits per heavy atom. The van der Waals surface area contributed by atoms with Gasteiger partial charge in [-0.1, -0.05) is 30.3 Å². The number of aromatic nitrogens is 2. The van der Waals surface area contributed by atoms with Crippen molar-refractivity contribution in [3.63, 3.8) is 0 Å². The first-order chi connectivity index (χ1) is 15.3. The van der Waals surface area contributed by atoms with Gasteiger partial charge in [0.2, 0.25) is 0 Å². The van der Waals surface area contributed by atoms with Gasteiger partial charge in [-0.25, -0.2) is 9.36 Å². The Hall–Kier alpha value is -3.30. The van der Waals surface area contributed by atoms with Crippen LogP contribution in [0.3, 0.4) is 0 Å². The summed E-state index contributed by atoms with van der Waals surface area (Å²) in [5, 5.41) is 9.67. The summed E-state index contributed by atoms with van der Waals surface area (Å²) in [5.74, 6) is -1.24. The van der Waals surface area contributed by atoms with Crippen LogP contribution in [0, 0.1) is 6.92 Å². The molecule has 32 heavy (non-hydrogen) atoms. The molecule has 4 aromatic rings. The lowest BCUT2D eigenvalue weighted by Gasteiger charge is -2.13. The van der Waals surface area contributed by atoms with Crippen LogP contribution in [-0.4, -0.2) is 26.5 Å². The Kier molecular flexibility index (Phi) is 5.94. The van der Waals surface area contributed by atoms with E-state index in [0.29, 0.717) is 21.5 Å². The predicted octanol–water partition coefficient (Wildman–Crippen LogP) is 3.64. The molecule has 0 bridgehead atoms. The zero-order valence-corrected chi connectivity index (χ0v) is 19.1. The third-order valence-corrected chi connectivity index (χ3v) is 7.48. The number of rotatable bonds is 6. The summed E-state index contributed by atoms with van der Waals surface area (Å²) in [6, 6.07) is 15.0. The summed E-state index contributed by atoms with van der Waals surface area (Å²) in [6.07, 6.45) is 1.96. The molecule has 7 nitrogen and oxygen atoms in total. The van der Waals surface area contributed by atoms with Gasteiger partial charge in [0.05, 0.1) is 11.9 Å². The van der Waals surface area contributed by atoms with Gasteiger partial charge in [-0.05, 0) is 48.1 Å². The van der Waals surface area contributed by atoms with Crippen molar-refractivity contribution in [3.8, 4) is 10.4 Å². The molecule has 164 valence electrons. The number of carboxylic acid groups (broad SMARTS) is 1. The molecule has 2 heterocycles. The van der Waals surface area contributed by atoms with Crippen LogP contribution in [0.2, 0.25) is 0 Å². The lowest BCUT2D eigenvalue weighted by atomic mass is 10.1. The molecule has 0 fully saturated rings. The number of nitrogens with two attached hydrogens (primary N) is 1. The third kappa shape index (κ3) is 3.85. The van der Waals surface area contributed by atoms with Gasteiger partial charge < -0.3 is 10.8 Å². The highest BCUT2D eigenvalue weighted by molar-refractivity contribution is 7.98. The number of thiophene rings is 1. The highest BCUT2D eigenvalue weighted by Crippen LogP contribution is 2.37. The molecule has 2 aromatic carbocycles. The Balaban J connectivity index is 2.03. The van der Waals surface area contributed by atoms with Crippen LogP contribution in [0.15, 0.2) is 63.0 Å². The van der Waals surface area contributed by atoms with E-state index in [2.05, 4.69) is 0 Å². The summed E-state index contributed by atoms with van der Waals surface area (Å²) < 4.78 is 2.31. The van der Waals surface area contributed by atoms with Crippen molar-refractivity contribution in [2.24, 2.45) is 0 Å².